The van der Waals surface area contributed by atoms with Crippen molar-refractivity contribution in [3.8, 4) is 0 Å². The first-order chi connectivity index (χ1) is 10.5. The molecule has 0 aliphatic heterocycles. The number of anilines is 1. The lowest BCUT2D eigenvalue weighted by Crippen LogP contribution is -2.35. The van der Waals surface area contributed by atoms with E-state index < -0.39 is 5.92 Å². The molecule has 0 amide bonds. The second-order valence-electron chi connectivity index (χ2n) is 5.91. The third-order valence-corrected chi connectivity index (χ3v) is 5.06. The molecule has 2 aromatic heterocycles. The molecular weight excluding hydrogens is 354 g/mol. The van der Waals surface area contributed by atoms with E-state index in [1.54, 1.807) is 23.1 Å². The first-order valence-electron chi connectivity index (χ1n) is 7.62. The van der Waals surface area contributed by atoms with Crippen LogP contribution >= 0.6 is 15.9 Å². The van der Waals surface area contributed by atoms with Crippen LogP contribution in [0.25, 0.3) is 5.52 Å². The fourth-order valence-corrected chi connectivity index (χ4v) is 3.67. The molecule has 7 heteroatoms. The smallest absolute Gasteiger partial charge is 0.248 e. The first-order valence-corrected chi connectivity index (χ1v) is 8.41. The van der Waals surface area contributed by atoms with Gasteiger partial charge in [0.15, 0.2) is 5.82 Å². The van der Waals surface area contributed by atoms with Crippen LogP contribution in [0.4, 0.5) is 14.6 Å². The maximum absolute atomic E-state index is 13.3. The molecular formula is C15H19BrF2N4. The highest BCUT2D eigenvalue weighted by Gasteiger charge is 2.37. The lowest BCUT2D eigenvalue weighted by atomic mass is 9.81. The summed E-state index contributed by atoms with van der Waals surface area (Å²) in [6, 6.07) is 0.150. The molecule has 22 heavy (non-hydrogen) atoms. The second kappa shape index (κ2) is 6.10. The minimum absolute atomic E-state index is 0.0101. The van der Waals surface area contributed by atoms with Crippen LogP contribution in [0.3, 0.4) is 0 Å². The standard InChI is InChI=1S/C15H19BrF2N4/c1-2-12(10-3-5-15(17,18)6-4-10)21-14-13-11(16)9-20-22(13)8-7-19-14/h7-10,12H,2-6H2,1H3,(H,19,21). The zero-order valence-corrected chi connectivity index (χ0v) is 14.0. The summed E-state index contributed by atoms with van der Waals surface area (Å²) in [6.45, 7) is 2.08. The van der Waals surface area contributed by atoms with Crippen molar-refractivity contribution in [3.05, 3.63) is 23.1 Å². The maximum atomic E-state index is 13.3. The van der Waals surface area contributed by atoms with Gasteiger partial charge in [-0.15, -0.1) is 0 Å². The van der Waals surface area contributed by atoms with Crippen LogP contribution in [0.5, 0.6) is 0 Å². The SMILES string of the molecule is CCC(Nc1nccn2ncc(Br)c12)C1CCC(F)(F)CC1. The number of hydrogen-bond acceptors (Lipinski definition) is 3. The largest absolute Gasteiger partial charge is 0.365 e. The molecule has 0 bridgehead atoms. The zero-order chi connectivity index (χ0) is 15.7. The van der Waals surface area contributed by atoms with Gasteiger partial charge in [0.2, 0.25) is 5.92 Å². The predicted molar refractivity (Wildman–Crippen MR) is 85.3 cm³/mol. The molecule has 2 aromatic rings. The molecule has 2 heterocycles. The van der Waals surface area contributed by atoms with E-state index >= 15 is 0 Å². The Hall–Kier alpha value is -1.24. The lowest BCUT2D eigenvalue weighted by Gasteiger charge is -2.34. The molecule has 3 rings (SSSR count). The van der Waals surface area contributed by atoms with E-state index in [4.69, 9.17) is 0 Å². The van der Waals surface area contributed by atoms with E-state index in [1.807, 2.05) is 0 Å². The Bertz CT molecular complexity index is 648. The number of rotatable bonds is 4. The Morgan fingerprint density at radius 1 is 1.45 bits per heavy atom. The second-order valence-corrected chi connectivity index (χ2v) is 6.77. The minimum atomic E-state index is -2.48. The molecule has 1 fully saturated rings. The van der Waals surface area contributed by atoms with Gasteiger partial charge in [-0.25, -0.2) is 18.3 Å². The topological polar surface area (TPSA) is 42.2 Å². The Morgan fingerprint density at radius 2 is 2.18 bits per heavy atom. The zero-order valence-electron chi connectivity index (χ0n) is 12.4. The highest BCUT2D eigenvalue weighted by Crippen LogP contribution is 2.39. The lowest BCUT2D eigenvalue weighted by molar-refractivity contribution is -0.0476. The van der Waals surface area contributed by atoms with Crippen molar-refractivity contribution in [1.29, 1.82) is 0 Å². The Labute approximate surface area is 136 Å². The van der Waals surface area contributed by atoms with Crippen molar-refractivity contribution in [2.45, 2.75) is 51.0 Å². The number of halogens is 3. The van der Waals surface area contributed by atoms with Gasteiger partial charge in [0, 0.05) is 31.3 Å². The number of fused-ring (bicyclic) bond motifs is 1. The van der Waals surface area contributed by atoms with Gasteiger partial charge < -0.3 is 5.32 Å². The third kappa shape index (κ3) is 3.09. The van der Waals surface area contributed by atoms with Gasteiger partial charge in [-0.1, -0.05) is 6.92 Å². The van der Waals surface area contributed by atoms with Gasteiger partial charge in [0.1, 0.15) is 5.52 Å². The van der Waals surface area contributed by atoms with Gasteiger partial charge >= 0.3 is 0 Å². The number of alkyl halides is 2. The van der Waals surface area contributed by atoms with E-state index in [9.17, 15) is 8.78 Å². The minimum Gasteiger partial charge on any atom is -0.365 e. The molecule has 1 atom stereocenters. The molecule has 1 saturated carbocycles. The van der Waals surface area contributed by atoms with Gasteiger partial charge in [-0.2, -0.15) is 5.10 Å². The summed E-state index contributed by atoms with van der Waals surface area (Å²) < 4.78 is 29.3. The average molecular weight is 373 g/mol. The monoisotopic (exact) mass is 372 g/mol. The molecule has 1 aliphatic rings. The summed E-state index contributed by atoms with van der Waals surface area (Å²) in [5.74, 6) is -1.48. The summed E-state index contributed by atoms with van der Waals surface area (Å²) in [5, 5.41) is 7.68. The highest BCUT2D eigenvalue weighted by molar-refractivity contribution is 9.10. The van der Waals surface area contributed by atoms with Crippen molar-refractivity contribution in [3.63, 3.8) is 0 Å². The third-order valence-electron chi connectivity index (χ3n) is 4.48. The van der Waals surface area contributed by atoms with Gasteiger partial charge in [0.05, 0.1) is 10.7 Å². The first kappa shape index (κ1) is 15.6. The summed E-state index contributed by atoms with van der Waals surface area (Å²) in [5.41, 5.74) is 0.877. The van der Waals surface area contributed by atoms with E-state index in [0.29, 0.717) is 12.8 Å². The number of aromatic nitrogens is 3. The van der Waals surface area contributed by atoms with E-state index in [1.165, 1.54) is 0 Å². The van der Waals surface area contributed by atoms with Crippen molar-refractivity contribution in [2.24, 2.45) is 5.92 Å². The van der Waals surface area contributed by atoms with Gasteiger partial charge in [-0.05, 0) is 41.1 Å². The fraction of sp³-hybridized carbons (Fsp3) is 0.600. The van der Waals surface area contributed by atoms with Crippen LogP contribution in [0.15, 0.2) is 23.1 Å². The van der Waals surface area contributed by atoms with E-state index in [2.05, 4.69) is 38.3 Å². The van der Waals surface area contributed by atoms with Crippen molar-refractivity contribution in [2.75, 3.05) is 5.32 Å². The molecule has 0 saturated heterocycles. The molecule has 1 N–H and O–H groups in total. The molecule has 0 radical (unpaired) electrons. The van der Waals surface area contributed by atoms with Crippen LogP contribution in [-0.4, -0.2) is 26.6 Å². The van der Waals surface area contributed by atoms with Crippen molar-refractivity contribution in [1.82, 2.24) is 14.6 Å². The average Bonchev–Trinajstić information content (AvgIpc) is 2.88. The Kier molecular flexibility index (Phi) is 4.34. The molecule has 0 aromatic carbocycles. The fourth-order valence-electron chi connectivity index (χ4n) is 3.21. The Morgan fingerprint density at radius 3 is 2.86 bits per heavy atom. The molecule has 4 nitrogen and oxygen atoms in total. The molecule has 1 aliphatic carbocycles. The van der Waals surface area contributed by atoms with E-state index in [0.717, 1.165) is 22.2 Å². The number of nitrogens with one attached hydrogen (secondary N) is 1. The number of nitrogens with zero attached hydrogens (tertiary/aromatic N) is 3. The molecule has 1 unspecified atom stereocenters. The summed E-state index contributed by atoms with van der Waals surface area (Å²) in [4.78, 5) is 4.40. The summed E-state index contributed by atoms with van der Waals surface area (Å²) >= 11 is 3.48. The van der Waals surface area contributed by atoms with Crippen LogP contribution in [0, 0.1) is 5.92 Å². The Balaban J connectivity index is 1.79. The van der Waals surface area contributed by atoms with Gasteiger partial charge in [0.25, 0.3) is 0 Å². The van der Waals surface area contributed by atoms with Gasteiger partial charge in [-0.3, -0.25) is 0 Å². The quantitative estimate of drug-likeness (QED) is 0.858. The maximum Gasteiger partial charge on any atom is 0.248 e. The summed E-state index contributed by atoms with van der Waals surface area (Å²) in [7, 11) is 0. The van der Waals surface area contributed by atoms with Crippen molar-refractivity contribution < 1.29 is 8.78 Å². The number of hydrogen-bond donors (Lipinski definition) is 1. The predicted octanol–water partition coefficient (Wildman–Crippen LogP) is 4.51. The van der Waals surface area contributed by atoms with E-state index in [-0.39, 0.29) is 24.8 Å². The van der Waals surface area contributed by atoms with Crippen LogP contribution in [-0.2, 0) is 0 Å². The summed E-state index contributed by atoms with van der Waals surface area (Å²) in [6.07, 6.45) is 7.18. The van der Waals surface area contributed by atoms with Crippen LogP contribution in [0.2, 0.25) is 0 Å². The molecule has 120 valence electrons. The van der Waals surface area contributed by atoms with Crippen LogP contribution < -0.4 is 5.32 Å². The molecule has 0 spiro atoms. The normalized spacial score (nSPS) is 20.2. The highest BCUT2D eigenvalue weighted by atomic mass is 79.9. The van der Waals surface area contributed by atoms with Crippen molar-refractivity contribution >= 4 is 27.3 Å². The van der Waals surface area contributed by atoms with Crippen LogP contribution in [0.1, 0.15) is 39.0 Å².